The quantitative estimate of drug-likeness (QED) is 0.750. The van der Waals surface area contributed by atoms with E-state index < -0.39 is 23.9 Å². The highest BCUT2D eigenvalue weighted by Crippen LogP contribution is 2.38. The van der Waals surface area contributed by atoms with Crippen molar-refractivity contribution in [3.05, 3.63) is 11.3 Å². The van der Waals surface area contributed by atoms with Gasteiger partial charge in [-0.05, 0) is 52.5 Å². The summed E-state index contributed by atoms with van der Waals surface area (Å²) in [5, 5.41) is 10.3. The molecule has 1 aliphatic carbocycles. The molecule has 0 fully saturated rings. The van der Waals surface area contributed by atoms with Crippen LogP contribution in [0.1, 0.15) is 60.3 Å². The summed E-state index contributed by atoms with van der Waals surface area (Å²) in [5.41, 5.74) is 1.01. The van der Waals surface area contributed by atoms with Gasteiger partial charge in [0.15, 0.2) is 0 Å². The number of ether oxygens (including phenoxy) is 2. The SMILES string of the molecule is CC(=O)O[C@@H]1CC2=C(CCCC2O)N(C(=O)OC(C)(C)C)[C@H]1C. The molecule has 1 unspecified atom stereocenters. The summed E-state index contributed by atoms with van der Waals surface area (Å²) in [6.07, 6.45) is 1.18. The first-order valence-corrected chi connectivity index (χ1v) is 8.19. The number of rotatable bonds is 1. The van der Waals surface area contributed by atoms with Gasteiger partial charge in [0.1, 0.15) is 11.7 Å². The molecule has 3 atom stereocenters. The second-order valence-corrected chi connectivity index (χ2v) is 7.32. The molecule has 6 nitrogen and oxygen atoms in total. The van der Waals surface area contributed by atoms with Crippen molar-refractivity contribution in [3.63, 3.8) is 0 Å². The van der Waals surface area contributed by atoms with Gasteiger partial charge in [-0.1, -0.05) is 0 Å². The molecule has 1 N–H and O–H groups in total. The number of hydrogen-bond acceptors (Lipinski definition) is 5. The Kier molecular flexibility index (Phi) is 5.04. The number of nitrogens with zero attached hydrogens (tertiary/aromatic N) is 1. The fourth-order valence-electron chi connectivity index (χ4n) is 3.26. The van der Waals surface area contributed by atoms with Crippen molar-refractivity contribution in [3.8, 4) is 0 Å². The summed E-state index contributed by atoms with van der Waals surface area (Å²) >= 11 is 0. The summed E-state index contributed by atoms with van der Waals surface area (Å²) in [6.45, 7) is 8.64. The van der Waals surface area contributed by atoms with E-state index in [0.717, 1.165) is 24.1 Å². The minimum absolute atomic E-state index is 0.321. The lowest BCUT2D eigenvalue weighted by Crippen LogP contribution is -2.52. The molecule has 0 aromatic rings. The Morgan fingerprint density at radius 2 is 1.96 bits per heavy atom. The molecule has 1 heterocycles. The third-order valence-corrected chi connectivity index (χ3v) is 4.23. The lowest BCUT2D eigenvalue weighted by Gasteiger charge is -2.44. The molecule has 6 heteroatoms. The van der Waals surface area contributed by atoms with Gasteiger partial charge in [0.05, 0.1) is 12.1 Å². The van der Waals surface area contributed by atoms with Gasteiger partial charge in [0, 0.05) is 19.0 Å². The standard InChI is InChI=1S/C17H27NO5/c1-10-15(22-11(2)19)9-12-13(7-6-8-14(12)20)18(10)16(21)23-17(3,4)5/h10,14-15,20H,6-9H2,1-5H3/t10-,14?,15+/m0/s1. The lowest BCUT2D eigenvalue weighted by atomic mass is 9.84. The summed E-state index contributed by atoms with van der Waals surface area (Å²) < 4.78 is 10.9. The number of amides is 1. The van der Waals surface area contributed by atoms with E-state index in [1.165, 1.54) is 6.92 Å². The Morgan fingerprint density at radius 3 is 2.52 bits per heavy atom. The van der Waals surface area contributed by atoms with Gasteiger partial charge in [-0.15, -0.1) is 0 Å². The summed E-state index contributed by atoms with van der Waals surface area (Å²) in [4.78, 5) is 25.6. The molecule has 0 radical (unpaired) electrons. The third kappa shape index (κ3) is 4.05. The maximum absolute atomic E-state index is 12.7. The third-order valence-electron chi connectivity index (χ3n) is 4.23. The first-order chi connectivity index (χ1) is 10.6. The molecule has 0 bridgehead atoms. The van der Waals surface area contributed by atoms with Crippen LogP contribution in [0.25, 0.3) is 0 Å². The Bertz CT molecular complexity index is 520. The zero-order chi connectivity index (χ0) is 17.4. The predicted octanol–water partition coefficient (Wildman–Crippen LogP) is 2.75. The molecular weight excluding hydrogens is 298 g/mol. The van der Waals surface area contributed by atoms with Crippen LogP contribution in [0.5, 0.6) is 0 Å². The predicted molar refractivity (Wildman–Crippen MR) is 84.6 cm³/mol. The number of hydrogen-bond donors (Lipinski definition) is 1. The first kappa shape index (κ1) is 17.8. The fourth-order valence-corrected chi connectivity index (χ4v) is 3.26. The molecule has 2 aliphatic rings. The molecular formula is C17H27NO5. The van der Waals surface area contributed by atoms with Crippen molar-refractivity contribution >= 4 is 12.1 Å². The molecule has 0 aromatic carbocycles. The molecule has 1 aliphatic heterocycles. The Hall–Kier alpha value is -1.56. The van der Waals surface area contributed by atoms with E-state index in [-0.39, 0.29) is 12.0 Å². The van der Waals surface area contributed by atoms with Gasteiger partial charge in [-0.2, -0.15) is 0 Å². The van der Waals surface area contributed by atoms with Crippen molar-refractivity contribution in [1.29, 1.82) is 0 Å². The second kappa shape index (κ2) is 6.51. The maximum atomic E-state index is 12.7. The molecule has 130 valence electrons. The normalized spacial score (nSPS) is 28.3. The van der Waals surface area contributed by atoms with Crippen molar-refractivity contribution < 1.29 is 24.2 Å². The Labute approximate surface area is 137 Å². The lowest BCUT2D eigenvalue weighted by molar-refractivity contribution is -0.150. The number of esters is 1. The number of carbonyl (C=O) groups is 2. The average Bonchev–Trinajstić information content (AvgIpc) is 2.38. The van der Waals surface area contributed by atoms with Crippen LogP contribution in [-0.4, -0.2) is 45.9 Å². The summed E-state index contributed by atoms with van der Waals surface area (Å²) in [7, 11) is 0. The Morgan fingerprint density at radius 1 is 1.30 bits per heavy atom. The van der Waals surface area contributed by atoms with E-state index in [1.54, 1.807) is 4.90 Å². The first-order valence-electron chi connectivity index (χ1n) is 8.19. The van der Waals surface area contributed by atoms with Crippen LogP contribution in [0, 0.1) is 0 Å². The van der Waals surface area contributed by atoms with Crippen molar-refractivity contribution in [2.75, 3.05) is 0 Å². The Balaban J connectivity index is 2.36. The van der Waals surface area contributed by atoms with E-state index in [9.17, 15) is 14.7 Å². The van der Waals surface area contributed by atoms with Crippen LogP contribution in [0.3, 0.4) is 0 Å². The highest BCUT2D eigenvalue weighted by Gasteiger charge is 2.42. The number of aliphatic hydroxyl groups is 1. The van der Waals surface area contributed by atoms with Crippen molar-refractivity contribution in [2.45, 2.75) is 84.2 Å². The summed E-state index contributed by atoms with van der Waals surface area (Å²) in [6, 6.07) is -0.321. The van der Waals surface area contributed by atoms with E-state index in [1.807, 2.05) is 27.7 Å². The van der Waals surface area contributed by atoms with E-state index in [4.69, 9.17) is 9.47 Å². The molecule has 1 amide bonds. The molecule has 0 spiro atoms. The summed E-state index contributed by atoms with van der Waals surface area (Å²) in [5.74, 6) is -0.389. The highest BCUT2D eigenvalue weighted by molar-refractivity contribution is 5.72. The fraction of sp³-hybridized carbons (Fsp3) is 0.765. The van der Waals surface area contributed by atoms with Crippen LogP contribution < -0.4 is 0 Å². The smallest absolute Gasteiger partial charge is 0.414 e. The van der Waals surface area contributed by atoms with E-state index >= 15 is 0 Å². The second-order valence-electron chi connectivity index (χ2n) is 7.32. The minimum atomic E-state index is -0.612. The average molecular weight is 325 g/mol. The van der Waals surface area contributed by atoms with Gasteiger partial charge < -0.3 is 14.6 Å². The van der Waals surface area contributed by atoms with Gasteiger partial charge in [0.25, 0.3) is 0 Å². The maximum Gasteiger partial charge on any atom is 0.414 e. The largest absolute Gasteiger partial charge is 0.460 e. The van der Waals surface area contributed by atoms with Gasteiger partial charge in [-0.25, -0.2) is 4.79 Å². The van der Waals surface area contributed by atoms with E-state index in [0.29, 0.717) is 12.8 Å². The van der Waals surface area contributed by atoms with Crippen molar-refractivity contribution in [2.24, 2.45) is 0 Å². The van der Waals surface area contributed by atoms with Gasteiger partial charge in [0.2, 0.25) is 0 Å². The van der Waals surface area contributed by atoms with Gasteiger partial charge in [-0.3, -0.25) is 9.69 Å². The highest BCUT2D eigenvalue weighted by atomic mass is 16.6. The van der Waals surface area contributed by atoms with Crippen LogP contribution in [0.15, 0.2) is 11.3 Å². The molecule has 0 saturated heterocycles. The van der Waals surface area contributed by atoms with Crippen molar-refractivity contribution in [1.82, 2.24) is 4.90 Å². The van der Waals surface area contributed by atoms with Crippen LogP contribution in [0.4, 0.5) is 4.79 Å². The topological polar surface area (TPSA) is 76.1 Å². The molecule has 0 aromatic heterocycles. The molecule has 0 saturated carbocycles. The number of allylic oxidation sites excluding steroid dienone is 1. The van der Waals surface area contributed by atoms with E-state index in [2.05, 4.69) is 0 Å². The van der Waals surface area contributed by atoms with Crippen LogP contribution in [0.2, 0.25) is 0 Å². The van der Waals surface area contributed by atoms with Gasteiger partial charge >= 0.3 is 12.1 Å². The molecule has 23 heavy (non-hydrogen) atoms. The monoisotopic (exact) mass is 325 g/mol. The number of carbonyl (C=O) groups excluding carboxylic acids is 2. The van der Waals surface area contributed by atoms with Crippen LogP contribution in [-0.2, 0) is 14.3 Å². The zero-order valence-corrected chi connectivity index (χ0v) is 14.6. The molecule has 2 rings (SSSR count). The van der Waals surface area contributed by atoms with Crippen LogP contribution >= 0.6 is 0 Å². The number of aliphatic hydroxyl groups excluding tert-OH is 1. The minimum Gasteiger partial charge on any atom is -0.460 e. The zero-order valence-electron chi connectivity index (χ0n) is 14.6.